The van der Waals surface area contributed by atoms with Crippen molar-refractivity contribution < 1.29 is 5.11 Å². The van der Waals surface area contributed by atoms with Crippen molar-refractivity contribution in [1.29, 1.82) is 0 Å². The minimum atomic E-state index is 0.312. The number of phenols is 1. The molecule has 0 aliphatic heterocycles. The van der Waals surface area contributed by atoms with Gasteiger partial charge in [0, 0.05) is 17.1 Å². The van der Waals surface area contributed by atoms with Crippen molar-refractivity contribution >= 4 is 15.9 Å². The second-order valence-electron chi connectivity index (χ2n) is 4.14. The number of hydrogen-bond acceptors (Lipinski definition) is 2. The number of phenolic OH excluding ortho intramolecular Hbond substituents is 1. The van der Waals surface area contributed by atoms with E-state index in [0.717, 1.165) is 11.0 Å². The molecule has 2 rings (SSSR count). The van der Waals surface area contributed by atoms with E-state index in [-0.39, 0.29) is 0 Å². The Labute approximate surface area is 98.8 Å². The Balaban J connectivity index is 1.92. The summed E-state index contributed by atoms with van der Waals surface area (Å²) in [6, 6.07) is 6.12. The Bertz CT molecular complexity index is 334. The Morgan fingerprint density at radius 1 is 1.33 bits per heavy atom. The predicted octanol–water partition coefficient (Wildman–Crippen LogP) is 3.19. The van der Waals surface area contributed by atoms with Crippen LogP contribution in [0.15, 0.2) is 22.7 Å². The zero-order valence-electron chi connectivity index (χ0n) is 8.67. The van der Waals surface area contributed by atoms with Crippen LogP contribution in [-0.4, -0.2) is 11.1 Å². The van der Waals surface area contributed by atoms with Gasteiger partial charge in [-0.2, -0.15) is 0 Å². The monoisotopic (exact) mass is 269 g/mol. The maximum atomic E-state index is 9.27. The molecule has 1 aromatic carbocycles. The van der Waals surface area contributed by atoms with E-state index in [0.29, 0.717) is 11.8 Å². The van der Waals surface area contributed by atoms with Gasteiger partial charge in [-0.25, -0.2) is 0 Å². The second kappa shape index (κ2) is 4.99. The van der Waals surface area contributed by atoms with Gasteiger partial charge < -0.3 is 10.4 Å². The summed E-state index contributed by atoms with van der Waals surface area (Å²) in [6.45, 7) is 0.880. The molecule has 0 amide bonds. The highest BCUT2D eigenvalue weighted by Crippen LogP contribution is 2.23. The first kappa shape index (κ1) is 11.0. The van der Waals surface area contributed by atoms with E-state index in [4.69, 9.17) is 0 Å². The highest BCUT2D eigenvalue weighted by molar-refractivity contribution is 9.10. The lowest BCUT2D eigenvalue weighted by atomic mass is 10.2. The van der Waals surface area contributed by atoms with Gasteiger partial charge >= 0.3 is 0 Å². The van der Waals surface area contributed by atoms with E-state index in [1.54, 1.807) is 12.1 Å². The molecular weight excluding hydrogens is 254 g/mol. The summed E-state index contributed by atoms with van der Waals surface area (Å²) in [5, 5.41) is 12.8. The van der Waals surface area contributed by atoms with Crippen LogP contribution in [0.25, 0.3) is 0 Å². The molecule has 0 radical (unpaired) electrons. The molecule has 3 heteroatoms. The smallest absolute Gasteiger partial charge is 0.116 e. The van der Waals surface area contributed by atoms with E-state index in [9.17, 15) is 5.11 Å². The lowest BCUT2D eigenvalue weighted by Crippen LogP contribution is -2.25. The van der Waals surface area contributed by atoms with Crippen LogP contribution in [-0.2, 0) is 6.54 Å². The molecule has 0 atom stereocenters. The van der Waals surface area contributed by atoms with Crippen molar-refractivity contribution in [3.8, 4) is 5.75 Å². The number of aromatic hydroxyl groups is 1. The molecule has 0 spiro atoms. The third-order valence-corrected chi connectivity index (χ3v) is 3.71. The standard InChI is InChI=1S/C12H16BrNO/c13-12-7-11(15)6-5-9(12)8-14-10-3-1-2-4-10/h5-7,10,14-15H,1-4,8H2. The zero-order chi connectivity index (χ0) is 10.7. The Hall–Kier alpha value is -0.540. The van der Waals surface area contributed by atoms with Gasteiger partial charge in [0.15, 0.2) is 0 Å². The SMILES string of the molecule is Oc1ccc(CNC2CCCC2)c(Br)c1. The van der Waals surface area contributed by atoms with E-state index in [2.05, 4.69) is 21.2 Å². The minimum absolute atomic E-state index is 0.312. The quantitative estimate of drug-likeness (QED) is 0.884. The lowest BCUT2D eigenvalue weighted by Gasteiger charge is -2.12. The molecule has 1 aromatic rings. The summed E-state index contributed by atoms with van der Waals surface area (Å²) < 4.78 is 0.980. The summed E-state index contributed by atoms with van der Waals surface area (Å²) in [4.78, 5) is 0. The number of rotatable bonds is 3. The zero-order valence-corrected chi connectivity index (χ0v) is 10.3. The summed E-state index contributed by atoms with van der Waals surface area (Å²) >= 11 is 3.46. The number of benzene rings is 1. The van der Waals surface area contributed by atoms with E-state index in [1.165, 1.54) is 31.2 Å². The largest absolute Gasteiger partial charge is 0.508 e. The fraction of sp³-hybridized carbons (Fsp3) is 0.500. The van der Waals surface area contributed by atoms with E-state index < -0.39 is 0 Å². The molecule has 1 fully saturated rings. The first-order valence-corrected chi connectivity index (χ1v) is 6.26. The topological polar surface area (TPSA) is 32.3 Å². The Kier molecular flexibility index (Phi) is 3.65. The van der Waals surface area contributed by atoms with Gasteiger partial charge in [0.1, 0.15) is 5.75 Å². The molecule has 1 aliphatic carbocycles. The number of halogens is 1. The highest BCUT2D eigenvalue weighted by atomic mass is 79.9. The number of hydrogen-bond donors (Lipinski definition) is 2. The normalized spacial score (nSPS) is 17.1. The van der Waals surface area contributed by atoms with Crippen molar-refractivity contribution in [3.63, 3.8) is 0 Å². The van der Waals surface area contributed by atoms with E-state index in [1.807, 2.05) is 6.07 Å². The molecular formula is C12H16BrNO. The van der Waals surface area contributed by atoms with Gasteiger partial charge in [-0.05, 0) is 30.5 Å². The molecule has 0 unspecified atom stereocenters. The third-order valence-electron chi connectivity index (χ3n) is 2.97. The summed E-state index contributed by atoms with van der Waals surface area (Å²) in [6.07, 6.45) is 5.31. The van der Waals surface area contributed by atoms with Gasteiger partial charge in [-0.3, -0.25) is 0 Å². The van der Waals surface area contributed by atoms with Crippen LogP contribution in [0.3, 0.4) is 0 Å². The van der Waals surface area contributed by atoms with Gasteiger partial charge in [0.2, 0.25) is 0 Å². The average Bonchev–Trinajstić information content (AvgIpc) is 2.69. The van der Waals surface area contributed by atoms with E-state index >= 15 is 0 Å². The van der Waals surface area contributed by atoms with Crippen molar-refractivity contribution in [1.82, 2.24) is 5.32 Å². The molecule has 1 aliphatic rings. The van der Waals surface area contributed by atoms with Crippen LogP contribution in [0.4, 0.5) is 0 Å². The second-order valence-corrected chi connectivity index (χ2v) is 4.99. The molecule has 0 heterocycles. The maximum Gasteiger partial charge on any atom is 0.116 e. The first-order chi connectivity index (χ1) is 7.25. The maximum absolute atomic E-state index is 9.27. The molecule has 15 heavy (non-hydrogen) atoms. The van der Waals surface area contributed by atoms with Crippen LogP contribution in [0.2, 0.25) is 0 Å². The van der Waals surface area contributed by atoms with Gasteiger partial charge in [0.05, 0.1) is 0 Å². The molecule has 0 aromatic heterocycles. The van der Waals surface area contributed by atoms with Gasteiger partial charge in [-0.1, -0.05) is 34.8 Å². The summed E-state index contributed by atoms with van der Waals surface area (Å²) in [5.74, 6) is 0.312. The van der Waals surface area contributed by atoms with Crippen LogP contribution >= 0.6 is 15.9 Å². The van der Waals surface area contributed by atoms with Crippen LogP contribution < -0.4 is 5.32 Å². The fourth-order valence-electron chi connectivity index (χ4n) is 2.06. The van der Waals surface area contributed by atoms with Crippen LogP contribution in [0.5, 0.6) is 5.75 Å². The minimum Gasteiger partial charge on any atom is -0.508 e. The van der Waals surface area contributed by atoms with Crippen molar-refractivity contribution in [2.75, 3.05) is 0 Å². The van der Waals surface area contributed by atoms with Crippen molar-refractivity contribution in [3.05, 3.63) is 28.2 Å². The first-order valence-electron chi connectivity index (χ1n) is 5.46. The average molecular weight is 270 g/mol. The molecule has 1 saturated carbocycles. The molecule has 0 bridgehead atoms. The van der Waals surface area contributed by atoms with Crippen molar-refractivity contribution in [2.45, 2.75) is 38.3 Å². The predicted molar refractivity (Wildman–Crippen MR) is 64.9 cm³/mol. The van der Waals surface area contributed by atoms with Crippen LogP contribution in [0.1, 0.15) is 31.2 Å². The highest BCUT2D eigenvalue weighted by Gasteiger charge is 2.14. The third kappa shape index (κ3) is 2.95. The molecule has 0 saturated heterocycles. The van der Waals surface area contributed by atoms with Gasteiger partial charge in [-0.15, -0.1) is 0 Å². The molecule has 2 N–H and O–H groups in total. The number of nitrogens with one attached hydrogen (secondary N) is 1. The summed E-state index contributed by atoms with van der Waals surface area (Å²) in [5.41, 5.74) is 1.21. The van der Waals surface area contributed by atoms with Crippen molar-refractivity contribution in [2.24, 2.45) is 0 Å². The Morgan fingerprint density at radius 2 is 2.07 bits per heavy atom. The van der Waals surface area contributed by atoms with Crippen LogP contribution in [0, 0.1) is 0 Å². The fourth-order valence-corrected chi connectivity index (χ4v) is 2.57. The Morgan fingerprint density at radius 3 is 2.73 bits per heavy atom. The van der Waals surface area contributed by atoms with Gasteiger partial charge in [0.25, 0.3) is 0 Å². The summed E-state index contributed by atoms with van der Waals surface area (Å²) in [7, 11) is 0. The molecule has 82 valence electrons. The lowest BCUT2D eigenvalue weighted by molar-refractivity contribution is 0.474. The molecule has 2 nitrogen and oxygen atoms in total.